The van der Waals surface area contributed by atoms with Crippen molar-refractivity contribution in [1.29, 1.82) is 0 Å². The smallest absolute Gasteiger partial charge is 0.0926 e. The Morgan fingerprint density at radius 1 is 1.54 bits per heavy atom. The van der Waals surface area contributed by atoms with Gasteiger partial charge in [0, 0.05) is 0 Å². The van der Waals surface area contributed by atoms with Crippen LogP contribution in [0.1, 0.15) is 40.0 Å². The van der Waals surface area contributed by atoms with Gasteiger partial charge in [-0.25, -0.2) is 0 Å². The van der Waals surface area contributed by atoms with E-state index in [-0.39, 0.29) is 5.60 Å². The molecule has 0 spiro atoms. The molecule has 1 aliphatic rings. The first kappa shape index (κ1) is 10.5. The Bertz CT molecular complexity index is 213. The number of epoxide rings is 1. The van der Waals surface area contributed by atoms with E-state index in [1.165, 1.54) is 5.57 Å². The zero-order chi connectivity index (χ0) is 9.90. The molecule has 1 heterocycles. The van der Waals surface area contributed by atoms with Crippen LogP contribution in [-0.2, 0) is 4.74 Å². The van der Waals surface area contributed by atoms with E-state index < -0.39 is 0 Å². The summed E-state index contributed by atoms with van der Waals surface area (Å²) in [4.78, 5) is 0. The molecule has 1 nitrogen and oxygen atoms in total. The molecule has 2 atom stereocenters. The number of hydrogen-bond acceptors (Lipinski definition) is 1. The Kier molecular flexibility index (Phi) is 3.32. The molecule has 1 fully saturated rings. The Morgan fingerprint density at radius 2 is 2.23 bits per heavy atom. The molecule has 1 saturated heterocycles. The molecule has 0 radical (unpaired) electrons. The van der Waals surface area contributed by atoms with Crippen LogP contribution in [0, 0.1) is 0 Å². The van der Waals surface area contributed by atoms with Crippen LogP contribution in [-0.4, -0.2) is 11.7 Å². The standard InChI is InChI=1S/C12H20O/c1-5-7-11-12(4,13-11)9-6-8-10(2)3/h5,8,11H,1,6-7,9H2,2-4H3/t11-,12+/m0/s1. The fraction of sp³-hybridized carbons (Fsp3) is 0.667. The SMILES string of the molecule is C=CC[C@@H]1O[C@]1(C)CCC=C(C)C. The lowest BCUT2D eigenvalue weighted by molar-refractivity contribution is 0.298. The first-order valence-electron chi connectivity index (χ1n) is 5.00. The van der Waals surface area contributed by atoms with Crippen molar-refractivity contribution in [2.45, 2.75) is 51.7 Å². The number of hydrogen-bond donors (Lipinski definition) is 0. The minimum atomic E-state index is 0.139. The molecule has 74 valence electrons. The third-order valence-electron chi connectivity index (χ3n) is 2.61. The summed E-state index contributed by atoms with van der Waals surface area (Å²) in [6, 6.07) is 0. The van der Waals surface area contributed by atoms with E-state index in [4.69, 9.17) is 4.74 Å². The van der Waals surface area contributed by atoms with E-state index >= 15 is 0 Å². The van der Waals surface area contributed by atoms with Gasteiger partial charge in [0.05, 0.1) is 11.7 Å². The normalized spacial score (nSPS) is 31.2. The minimum Gasteiger partial charge on any atom is -0.366 e. The van der Waals surface area contributed by atoms with Crippen molar-refractivity contribution in [3.63, 3.8) is 0 Å². The molecule has 0 aromatic carbocycles. The molecule has 0 unspecified atom stereocenters. The van der Waals surface area contributed by atoms with Crippen molar-refractivity contribution in [3.05, 3.63) is 24.3 Å². The monoisotopic (exact) mass is 180 g/mol. The zero-order valence-electron chi connectivity index (χ0n) is 8.97. The summed E-state index contributed by atoms with van der Waals surface area (Å²) in [7, 11) is 0. The van der Waals surface area contributed by atoms with E-state index in [2.05, 4.69) is 33.4 Å². The maximum absolute atomic E-state index is 5.63. The summed E-state index contributed by atoms with van der Waals surface area (Å²) in [6.07, 6.45) is 7.90. The number of allylic oxidation sites excluding steroid dienone is 2. The van der Waals surface area contributed by atoms with E-state index in [9.17, 15) is 0 Å². The van der Waals surface area contributed by atoms with Gasteiger partial charge in [-0.3, -0.25) is 0 Å². The highest BCUT2D eigenvalue weighted by Gasteiger charge is 2.50. The molecule has 0 aromatic heterocycles. The minimum absolute atomic E-state index is 0.139. The zero-order valence-corrected chi connectivity index (χ0v) is 8.97. The Balaban J connectivity index is 2.23. The maximum Gasteiger partial charge on any atom is 0.0926 e. The van der Waals surface area contributed by atoms with Crippen molar-refractivity contribution in [3.8, 4) is 0 Å². The Labute approximate surface area is 81.5 Å². The molecule has 1 heteroatoms. The van der Waals surface area contributed by atoms with Crippen LogP contribution in [0.15, 0.2) is 24.3 Å². The van der Waals surface area contributed by atoms with Gasteiger partial charge in [0.15, 0.2) is 0 Å². The average Bonchev–Trinajstić information content (AvgIpc) is 2.62. The highest BCUT2D eigenvalue weighted by atomic mass is 16.6. The van der Waals surface area contributed by atoms with Crippen LogP contribution in [0.5, 0.6) is 0 Å². The van der Waals surface area contributed by atoms with E-state index in [0.717, 1.165) is 19.3 Å². The predicted molar refractivity (Wildman–Crippen MR) is 56.8 cm³/mol. The van der Waals surface area contributed by atoms with Crippen molar-refractivity contribution in [2.24, 2.45) is 0 Å². The second kappa shape index (κ2) is 4.10. The van der Waals surface area contributed by atoms with Crippen molar-refractivity contribution >= 4 is 0 Å². The molecule has 0 bridgehead atoms. The van der Waals surface area contributed by atoms with E-state index in [1.54, 1.807) is 0 Å². The largest absolute Gasteiger partial charge is 0.366 e. The topological polar surface area (TPSA) is 12.5 Å². The maximum atomic E-state index is 5.63. The average molecular weight is 180 g/mol. The van der Waals surface area contributed by atoms with Gasteiger partial charge in [-0.05, 0) is 40.0 Å². The van der Waals surface area contributed by atoms with Gasteiger partial charge in [-0.2, -0.15) is 0 Å². The third-order valence-corrected chi connectivity index (χ3v) is 2.61. The van der Waals surface area contributed by atoms with E-state index in [1.807, 2.05) is 6.08 Å². The van der Waals surface area contributed by atoms with E-state index in [0.29, 0.717) is 6.10 Å². The number of rotatable bonds is 5. The van der Waals surface area contributed by atoms with Gasteiger partial charge in [0.25, 0.3) is 0 Å². The fourth-order valence-electron chi connectivity index (χ4n) is 1.61. The summed E-state index contributed by atoms with van der Waals surface area (Å²) >= 11 is 0. The Hall–Kier alpha value is -0.560. The fourth-order valence-corrected chi connectivity index (χ4v) is 1.61. The second-order valence-corrected chi connectivity index (χ2v) is 4.26. The molecule has 0 aromatic rings. The summed E-state index contributed by atoms with van der Waals surface area (Å²) in [5, 5.41) is 0. The quantitative estimate of drug-likeness (QED) is 0.466. The van der Waals surface area contributed by atoms with Crippen LogP contribution < -0.4 is 0 Å². The van der Waals surface area contributed by atoms with Gasteiger partial charge in [0.1, 0.15) is 0 Å². The van der Waals surface area contributed by atoms with Gasteiger partial charge in [-0.1, -0.05) is 17.7 Å². The molecular formula is C12H20O. The van der Waals surface area contributed by atoms with Crippen LogP contribution in [0.25, 0.3) is 0 Å². The second-order valence-electron chi connectivity index (χ2n) is 4.26. The first-order valence-corrected chi connectivity index (χ1v) is 5.00. The lowest BCUT2D eigenvalue weighted by atomic mass is 9.99. The predicted octanol–water partition coefficient (Wildman–Crippen LogP) is 3.47. The summed E-state index contributed by atoms with van der Waals surface area (Å²) in [5.41, 5.74) is 1.53. The third kappa shape index (κ3) is 3.00. The van der Waals surface area contributed by atoms with Crippen molar-refractivity contribution < 1.29 is 4.74 Å². The molecule has 13 heavy (non-hydrogen) atoms. The summed E-state index contributed by atoms with van der Waals surface area (Å²) in [5.74, 6) is 0. The molecule has 0 aliphatic carbocycles. The molecule has 0 saturated carbocycles. The van der Waals surface area contributed by atoms with Gasteiger partial charge >= 0.3 is 0 Å². The molecule has 1 aliphatic heterocycles. The summed E-state index contributed by atoms with van der Waals surface area (Å²) < 4.78 is 5.63. The van der Waals surface area contributed by atoms with Gasteiger partial charge < -0.3 is 4.74 Å². The lowest BCUT2D eigenvalue weighted by Gasteiger charge is -2.02. The lowest BCUT2D eigenvalue weighted by Crippen LogP contribution is -2.08. The Morgan fingerprint density at radius 3 is 2.77 bits per heavy atom. The molecule has 0 N–H and O–H groups in total. The van der Waals surface area contributed by atoms with Gasteiger partial charge in [-0.15, -0.1) is 6.58 Å². The van der Waals surface area contributed by atoms with Crippen molar-refractivity contribution in [2.75, 3.05) is 0 Å². The number of ether oxygens (including phenoxy) is 1. The first-order chi connectivity index (χ1) is 6.08. The van der Waals surface area contributed by atoms with Crippen molar-refractivity contribution in [1.82, 2.24) is 0 Å². The molecule has 0 amide bonds. The molecule has 1 rings (SSSR count). The van der Waals surface area contributed by atoms with Crippen LogP contribution in [0.4, 0.5) is 0 Å². The van der Waals surface area contributed by atoms with Crippen LogP contribution in [0.3, 0.4) is 0 Å². The highest BCUT2D eigenvalue weighted by molar-refractivity contribution is 5.04. The molecular weight excluding hydrogens is 160 g/mol. The summed E-state index contributed by atoms with van der Waals surface area (Å²) in [6.45, 7) is 10.2. The van der Waals surface area contributed by atoms with Gasteiger partial charge in [0.2, 0.25) is 0 Å². The van der Waals surface area contributed by atoms with Crippen LogP contribution >= 0.6 is 0 Å². The highest BCUT2D eigenvalue weighted by Crippen LogP contribution is 2.42. The van der Waals surface area contributed by atoms with Crippen LogP contribution in [0.2, 0.25) is 0 Å².